The van der Waals surface area contributed by atoms with Crippen LogP contribution in [0.25, 0.3) is 10.9 Å². The highest BCUT2D eigenvalue weighted by Gasteiger charge is 2.35. The van der Waals surface area contributed by atoms with Crippen LogP contribution in [0.1, 0.15) is 36.2 Å². The van der Waals surface area contributed by atoms with Gasteiger partial charge in [-0.25, -0.2) is 23.2 Å². The van der Waals surface area contributed by atoms with Crippen molar-refractivity contribution in [1.29, 1.82) is 0 Å². The highest BCUT2D eigenvalue weighted by molar-refractivity contribution is 7.78. The van der Waals surface area contributed by atoms with Gasteiger partial charge in [-0.2, -0.15) is 0 Å². The fraction of sp³-hybridized carbons (Fsp3) is 0.419. The minimum absolute atomic E-state index is 0.0565. The number of urea groups is 1. The van der Waals surface area contributed by atoms with E-state index in [1.807, 2.05) is 14.4 Å². The Hall–Kier alpha value is -4.53. The van der Waals surface area contributed by atoms with E-state index in [1.165, 1.54) is 30.3 Å². The molecule has 1 aliphatic carbocycles. The molecule has 2 aliphatic heterocycles. The third kappa shape index (κ3) is 6.02. The molecule has 12 nitrogen and oxygen atoms in total. The fourth-order valence-corrected chi connectivity index (χ4v) is 6.23. The van der Waals surface area contributed by atoms with Gasteiger partial charge in [0, 0.05) is 50.9 Å². The number of carbonyl (C=O) groups excluding carboxylic acids is 3. The van der Waals surface area contributed by atoms with Crippen LogP contribution in [0.2, 0.25) is 0 Å². The average Bonchev–Trinajstić information content (AvgIpc) is 3.82. The first-order valence-electron chi connectivity index (χ1n) is 15.1. The van der Waals surface area contributed by atoms with Crippen molar-refractivity contribution in [3.8, 4) is 0 Å². The predicted octanol–water partition coefficient (Wildman–Crippen LogP) is 3.93. The van der Waals surface area contributed by atoms with E-state index in [4.69, 9.17) is 9.47 Å². The number of halogens is 2. The van der Waals surface area contributed by atoms with Gasteiger partial charge in [0.2, 0.25) is 5.43 Å². The zero-order valence-electron chi connectivity index (χ0n) is 25.4. The maximum atomic E-state index is 15.5. The molecule has 15 heteroatoms. The molecule has 46 heavy (non-hydrogen) atoms. The summed E-state index contributed by atoms with van der Waals surface area (Å²) in [7, 11) is 1.46. The number of nitrogens with zero attached hydrogens (tertiary/aromatic N) is 5. The molecule has 1 aromatic heterocycles. The Morgan fingerprint density at radius 2 is 1.72 bits per heavy atom. The van der Waals surface area contributed by atoms with E-state index in [1.54, 1.807) is 25.1 Å². The van der Waals surface area contributed by atoms with Crippen LogP contribution >= 0.6 is 12.8 Å². The summed E-state index contributed by atoms with van der Waals surface area (Å²) in [6, 6.07) is 7.03. The van der Waals surface area contributed by atoms with Crippen LogP contribution in [0.5, 0.6) is 0 Å². The number of piperazine rings is 1. The summed E-state index contributed by atoms with van der Waals surface area (Å²) in [6.45, 7) is 3.55. The van der Waals surface area contributed by atoms with E-state index >= 15 is 8.78 Å². The molecule has 3 heterocycles. The Morgan fingerprint density at radius 3 is 2.35 bits per heavy atom. The van der Waals surface area contributed by atoms with Gasteiger partial charge in [0.15, 0.2) is 0 Å². The van der Waals surface area contributed by atoms with Gasteiger partial charge in [-0.1, -0.05) is 12.8 Å². The monoisotopic (exact) mass is 656 g/mol. The van der Waals surface area contributed by atoms with Gasteiger partial charge < -0.3 is 29.2 Å². The Labute approximate surface area is 269 Å². The number of amides is 3. The van der Waals surface area contributed by atoms with E-state index in [0.717, 1.165) is 17.1 Å². The van der Waals surface area contributed by atoms with Gasteiger partial charge in [-0.15, -0.1) is 0 Å². The number of fused-ring (bicyclic) bond motifs is 1. The third-order valence-corrected chi connectivity index (χ3v) is 8.78. The van der Waals surface area contributed by atoms with Crippen molar-refractivity contribution in [1.82, 2.24) is 14.2 Å². The number of hydrogen-bond acceptors (Lipinski definition) is 9. The number of esters is 1. The Balaban J connectivity index is 1.16. The topological polar surface area (TPSA) is 117 Å². The molecule has 1 saturated carbocycles. The highest BCUT2D eigenvalue weighted by atomic mass is 32.1. The van der Waals surface area contributed by atoms with Crippen LogP contribution in [0.15, 0.2) is 41.3 Å². The lowest BCUT2D eigenvalue weighted by atomic mass is 10.1. The van der Waals surface area contributed by atoms with Crippen LogP contribution in [-0.2, 0) is 9.47 Å². The molecular formula is C31H34F2N6O6S. The number of rotatable bonds is 8. The van der Waals surface area contributed by atoms with Gasteiger partial charge in [0.05, 0.1) is 42.3 Å². The molecule has 3 amide bonds. The standard InChI is InChI=1S/C31H34F2N6O6S/c1-3-44-29(41)22-17-37(18-4-5-18)26-14-27(24(33)13-21(26)28(22)40)36-10-8-35(9-11-36)25-7-6-19(12-23(25)32)38-15-20(45-31(38)43)16-39(46)30(42)34-2/h6-7,12-14,17-18,20,46H,3-5,8-11,15-16H2,1-2H3,(H,34,42)/t20-/m0/s1. The van der Waals surface area contributed by atoms with E-state index in [0.29, 0.717) is 48.8 Å². The normalized spacial score (nSPS) is 18.2. The van der Waals surface area contributed by atoms with Crippen LogP contribution in [0.3, 0.4) is 0 Å². The predicted molar refractivity (Wildman–Crippen MR) is 171 cm³/mol. The Kier molecular flexibility index (Phi) is 8.68. The molecule has 3 aliphatic rings. The van der Waals surface area contributed by atoms with E-state index < -0.39 is 41.3 Å². The molecule has 0 spiro atoms. The first-order chi connectivity index (χ1) is 22.1. The van der Waals surface area contributed by atoms with Crippen molar-refractivity contribution < 1.29 is 32.6 Å². The first kappa shape index (κ1) is 31.5. The maximum Gasteiger partial charge on any atom is 0.414 e. The number of aromatic nitrogens is 1. The molecule has 1 atom stereocenters. The summed E-state index contributed by atoms with van der Waals surface area (Å²) in [6.07, 6.45) is 2.02. The molecule has 0 radical (unpaired) electrons. The van der Waals surface area contributed by atoms with Crippen LogP contribution < -0.4 is 25.4 Å². The second-order valence-corrected chi connectivity index (χ2v) is 11.9. The Morgan fingerprint density at radius 1 is 1.04 bits per heavy atom. The largest absolute Gasteiger partial charge is 0.462 e. The number of carbonyl (C=O) groups is 3. The average molecular weight is 657 g/mol. The number of nitrogens with one attached hydrogen (secondary N) is 1. The minimum Gasteiger partial charge on any atom is -0.462 e. The number of pyridine rings is 1. The van der Waals surface area contributed by atoms with Crippen molar-refractivity contribution in [2.24, 2.45) is 0 Å². The van der Waals surface area contributed by atoms with Gasteiger partial charge in [0.1, 0.15) is 23.3 Å². The Bertz CT molecular complexity index is 1760. The second kappa shape index (κ2) is 12.7. The lowest BCUT2D eigenvalue weighted by Gasteiger charge is -2.37. The summed E-state index contributed by atoms with van der Waals surface area (Å²) in [4.78, 5) is 54.8. The first-order valence-corrected chi connectivity index (χ1v) is 15.5. The summed E-state index contributed by atoms with van der Waals surface area (Å²) in [5.41, 5.74) is 0.885. The minimum atomic E-state index is -0.725. The van der Waals surface area contributed by atoms with E-state index in [2.05, 4.69) is 18.1 Å². The summed E-state index contributed by atoms with van der Waals surface area (Å²) < 4.78 is 44.3. The van der Waals surface area contributed by atoms with Gasteiger partial charge in [0.25, 0.3) is 0 Å². The lowest BCUT2D eigenvalue weighted by Crippen LogP contribution is -2.47. The summed E-state index contributed by atoms with van der Waals surface area (Å²) in [5, 5.41) is 2.56. The lowest BCUT2D eigenvalue weighted by molar-refractivity contribution is 0.0524. The molecule has 244 valence electrons. The molecule has 1 N–H and O–H groups in total. The third-order valence-electron chi connectivity index (χ3n) is 8.44. The number of hydrogen-bond donors (Lipinski definition) is 2. The molecule has 0 unspecified atom stereocenters. The molecule has 3 fully saturated rings. The van der Waals surface area contributed by atoms with Crippen molar-refractivity contribution in [2.75, 3.05) is 67.6 Å². The quantitative estimate of drug-likeness (QED) is 0.277. The number of thiol groups is 1. The molecule has 6 rings (SSSR count). The second-order valence-electron chi connectivity index (χ2n) is 11.4. The zero-order valence-corrected chi connectivity index (χ0v) is 26.3. The molecule has 2 aromatic carbocycles. The highest BCUT2D eigenvalue weighted by Crippen LogP contribution is 2.38. The SMILES string of the molecule is CCOC(=O)c1cn(C2CC2)c2cc(N3CCN(c4ccc(N5C[C@@H](CN(S)C(=O)NC)OC5=O)cc4F)CC3)c(F)cc2c1=O. The molecule has 3 aromatic rings. The van der Waals surface area contributed by atoms with E-state index in [9.17, 15) is 19.2 Å². The number of ether oxygens (including phenoxy) is 2. The zero-order chi connectivity index (χ0) is 32.7. The van der Waals surface area contributed by atoms with Crippen molar-refractivity contribution in [2.45, 2.75) is 31.9 Å². The number of benzene rings is 2. The van der Waals surface area contributed by atoms with Gasteiger partial charge >= 0.3 is 18.1 Å². The van der Waals surface area contributed by atoms with E-state index in [-0.39, 0.29) is 36.7 Å². The number of anilines is 3. The molecule has 2 saturated heterocycles. The van der Waals surface area contributed by atoms with Gasteiger partial charge in [-0.3, -0.25) is 14.0 Å². The molecular weight excluding hydrogens is 622 g/mol. The number of cyclic esters (lactones) is 1. The molecule has 0 bridgehead atoms. The van der Waals surface area contributed by atoms with Crippen LogP contribution in [0.4, 0.5) is 35.4 Å². The maximum absolute atomic E-state index is 15.5. The fourth-order valence-electron chi connectivity index (χ4n) is 5.95. The van der Waals surface area contributed by atoms with Gasteiger partial charge in [-0.05, 0) is 50.1 Å². The van der Waals surface area contributed by atoms with Crippen molar-refractivity contribution in [3.05, 3.63) is 63.9 Å². The van der Waals surface area contributed by atoms with Crippen molar-refractivity contribution >= 4 is 58.9 Å². The van der Waals surface area contributed by atoms with Crippen LogP contribution in [-0.4, -0.2) is 86.0 Å². The smallest absolute Gasteiger partial charge is 0.414 e. The summed E-state index contributed by atoms with van der Waals surface area (Å²) in [5.74, 6) is -1.83. The van der Waals surface area contributed by atoms with Crippen molar-refractivity contribution in [3.63, 3.8) is 0 Å². The van der Waals surface area contributed by atoms with Crippen LogP contribution in [0, 0.1) is 11.6 Å². The summed E-state index contributed by atoms with van der Waals surface area (Å²) >= 11 is 4.09.